The van der Waals surface area contributed by atoms with Gasteiger partial charge in [0.05, 0.1) is 24.3 Å². The molecule has 1 aromatic carbocycles. The van der Waals surface area contributed by atoms with Crippen LogP contribution < -0.4 is 10.2 Å². The third kappa shape index (κ3) is 4.30. The van der Waals surface area contributed by atoms with Crippen molar-refractivity contribution in [2.75, 3.05) is 18.4 Å². The van der Waals surface area contributed by atoms with Crippen molar-refractivity contribution in [3.8, 4) is 6.07 Å². The Morgan fingerprint density at radius 3 is 2.48 bits per heavy atom. The Labute approximate surface area is 126 Å². The van der Waals surface area contributed by atoms with E-state index in [0.29, 0.717) is 11.3 Å². The molecule has 0 bridgehead atoms. The Hall–Kier alpha value is -1.86. The van der Waals surface area contributed by atoms with Crippen molar-refractivity contribution in [1.29, 1.82) is 5.26 Å². The average Bonchev–Trinajstić information content (AvgIpc) is 2.47. The van der Waals surface area contributed by atoms with E-state index >= 15 is 0 Å². The van der Waals surface area contributed by atoms with E-state index in [9.17, 15) is 4.79 Å². The number of carbonyl (C=O) groups is 1. The Bertz CT molecular complexity index is 513. The zero-order valence-corrected chi connectivity index (χ0v) is 12.7. The number of nitrogens with zero attached hydrogens (tertiary/aromatic N) is 1. The van der Waals surface area contributed by atoms with Crippen LogP contribution in [0.25, 0.3) is 0 Å². The fourth-order valence-corrected chi connectivity index (χ4v) is 2.91. The Kier molecular flexibility index (Phi) is 5.77. The normalized spacial score (nSPS) is 18.1. The third-order valence-electron chi connectivity index (χ3n) is 4.31. The fraction of sp³-hybridized carbons (Fsp3) is 0.529. The first-order chi connectivity index (χ1) is 10.2. The zero-order valence-electron chi connectivity index (χ0n) is 12.7. The zero-order chi connectivity index (χ0) is 15.1. The first-order valence-corrected chi connectivity index (χ1v) is 7.87. The maximum atomic E-state index is 12.4. The molecule has 0 aliphatic carbocycles. The minimum absolute atomic E-state index is 0.00766. The van der Waals surface area contributed by atoms with Crippen molar-refractivity contribution in [3.05, 3.63) is 29.8 Å². The van der Waals surface area contributed by atoms with E-state index in [1.54, 1.807) is 18.2 Å². The Morgan fingerprint density at radius 2 is 1.81 bits per heavy atom. The first kappa shape index (κ1) is 15.5. The van der Waals surface area contributed by atoms with Crippen LogP contribution in [0.1, 0.15) is 44.6 Å². The van der Waals surface area contributed by atoms with Crippen LogP contribution in [0.3, 0.4) is 0 Å². The molecule has 1 aliphatic heterocycles. The summed E-state index contributed by atoms with van der Waals surface area (Å²) >= 11 is 0. The highest BCUT2D eigenvalue weighted by molar-refractivity contribution is 5.94. The van der Waals surface area contributed by atoms with Gasteiger partial charge in [0.25, 0.3) is 5.91 Å². The Balaban J connectivity index is 2.00. The summed E-state index contributed by atoms with van der Waals surface area (Å²) in [6.07, 6.45) is 6.26. The van der Waals surface area contributed by atoms with Gasteiger partial charge in [-0.2, -0.15) is 5.26 Å². The van der Waals surface area contributed by atoms with Gasteiger partial charge in [0.1, 0.15) is 6.07 Å². The summed E-state index contributed by atoms with van der Waals surface area (Å²) in [6, 6.07) is 9.20. The smallest absolute Gasteiger partial charge is 0.282 e. The van der Waals surface area contributed by atoms with Crippen molar-refractivity contribution in [2.24, 2.45) is 0 Å². The van der Waals surface area contributed by atoms with E-state index in [1.807, 2.05) is 13.0 Å². The number of quaternary nitrogens is 1. The third-order valence-corrected chi connectivity index (χ3v) is 4.31. The lowest BCUT2D eigenvalue weighted by atomic mass is 10.1. The van der Waals surface area contributed by atoms with Crippen molar-refractivity contribution < 1.29 is 9.69 Å². The van der Waals surface area contributed by atoms with E-state index < -0.39 is 0 Å². The standard InChI is InChI=1S/C17H23N3O/c1-14(20-11-7-3-2-4-8-12-20)17(21)19-16-10-6-5-9-15(16)13-18/h5-6,9-10,14H,2-4,7-8,11-12H2,1H3,(H,19,21)/p+1/t14-/m1/s1. The topological polar surface area (TPSA) is 57.3 Å². The highest BCUT2D eigenvalue weighted by Gasteiger charge is 2.25. The van der Waals surface area contributed by atoms with Gasteiger partial charge in [-0.3, -0.25) is 4.79 Å². The molecule has 0 unspecified atom stereocenters. The molecule has 2 N–H and O–H groups in total. The van der Waals surface area contributed by atoms with Crippen LogP contribution in [0.4, 0.5) is 5.69 Å². The summed E-state index contributed by atoms with van der Waals surface area (Å²) in [4.78, 5) is 13.8. The van der Waals surface area contributed by atoms with Gasteiger partial charge in [0.15, 0.2) is 6.04 Å². The number of nitrogens with one attached hydrogen (secondary N) is 2. The van der Waals surface area contributed by atoms with Crippen LogP contribution in [0, 0.1) is 11.3 Å². The molecule has 4 heteroatoms. The SMILES string of the molecule is C[C@H](C(=O)Nc1ccccc1C#N)[NH+]1CCCCCCC1. The number of likely N-dealkylation sites (tertiary alicyclic amines) is 1. The molecule has 2 rings (SSSR count). The van der Waals surface area contributed by atoms with Gasteiger partial charge < -0.3 is 10.2 Å². The molecule has 1 amide bonds. The highest BCUT2D eigenvalue weighted by Crippen LogP contribution is 2.13. The van der Waals surface area contributed by atoms with Crippen molar-refractivity contribution >= 4 is 11.6 Å². The summed E-state index contributed by atoms with van der Waals surface area (Å²) in [7, 11) is 0. The molecule has 112 valence electrons. The number of hydrogen-bond acceptors (Lipinski definition) is 2. The van der Waals surface area contributed by atoms with Crippen LogP contribution in [-0.2, 0) is 4.79 Å². The molecular formula is C17H24N3O+. The number of anilines is 1. The van der Waals surface area contributed by atoms with Gasteiger partial charge in [-0.25, -0.2) is 0 Å². The molecule has 21 heavy (non-hydrogen) atoms. The molecular weight excluding hydrogens is 262 g/mol. The maximum Gasteiger partial charge on any atom is 0.282 e. The monoisotopic (exact) mass is 286 g/mol. The molecule has 0 aromatic heterocycles. The van der Waals surface area contributed by atoms with Crippen molar-refractivity contribution in [1.82, 2.24) is 0 Å². The van der Waals surface area contributed by atoms with Gasteiger partial charge >= 0.3 is 0 Å². The summed E-state index contributed by atoms with van der Waals surface area (Å²) in [5, 5.41) is 12.0. The minimum atomic E-state index is -0.0742. The minimum Gasteiger partial charge on any atom is -0.325 e. The quantitative estimate of drug-likeness (QED) is 0.889. The van der Waals surface area contributed by atoms with E-state index in [2.05, 4.69) is 11.4 Å². The second-order valence-corrected chi connectivity index (χ2v) is 5.79. The summed E-state index contributed by atoms with van der Waals surface area (Å²) in [5.74, 6) is 0.00766. The molecule has 1 aromatic rings. The predicted molar refractivity (Wildman–Crippen MR) is 83.0 cm³/mol. The lowest BCUT2D eigenvalue weighted by Gasteiger charge is -2.27. The lowest BCUT2D eigenvalue weighted by molar-refractivity contribution is -0.914. The second kappa shape index (κ2) is 7.80. The molecule has 4 nitrogen and oxygen atoms in total. The van der Waals surface area contributed by atoms with Crippen LogP contribution in [-0.4, -0.2) is 25.0 Å². The summed E-state index contributed by atoms with van der Waals surface area (Å²) in [6.45, 7) is 4.12. The largest absolute Gasteiger partial charge is 0.325 e. The van der Waals surface area contributed by atoms with Crippen molar-refractivity contribution in [3.63, 3.8) is 0 Å². The van der Waals surface area contributed by atoms with Gasteiger partial charge in [0, 0.05) is 0 Å². The van der Waals surface area contributed by atoms with E-state index in [1.165, 1.54) is 37.0 Å². The van der Waals surface area contributed by atoms with E-state index in [0.717, 1.165) is 13.1 Å². The van der Waals surface area contributed by atoms with E-state index in [-0.39, 0.29) is 11.9 Å². The number of amides is 1. The van der Waals surface area contributed by atoms with Crippen LogP contribution in [0.15, 0.2) is 24.3 Å². The summed E-state index contributed by atoms with van der Waals surface area (Å²) in [5.41, 5.74) is 1.13. The molecule has 0 saturated carbocycles. The predicted octanol–water partition coefficient (Wildman–Crippen LogP) is 1.73. The van der Waals surface area contributed by atoms with Gasteiger partial charge in [-0.15, -0.1) is 0 Å². The number of para-hydroxylation sites is 1. The molecule has 1 saturated heterocycles. The average molecular weight is 286 g/mol. The van der Waals surface area contributed by atoms with Gasteiger partial charge in [0.2, 0.25) is 0 Å². The molecule has 1 aliphatic rings. The number of nitriles is 1. The molecule has 1 atom stereocenters. The number of rotatable bonds is 3. The number of hydrogen-bond donors (Lipinski definition) is 2. The molecule has 1 fully saturated rings. The summed E-state index contributed by atoms with van der Waals surface area (Å²) < 4.78 is 0. The molecule has 1 heterocycles. The molecule has 0 spiro atoms. The first-order valence-electron chi connectivity index (χ1n) is 7.87. The highest BCUT2D eigenvalue weighted by atomic mass is 16.2. The van der Waals surface area contributed by atoms with Crippen molar-refractivity contribution in [2.45, 2.75) is 45.1 Å². The fourth-order valence-electron chi connectivity index (χ4n) is 2.91. The van der Waals surface area contributed by atoms with Gasteiger partial charge in [-0.1, -0.05) is 18.6 Å². The Morgan fingerprint density at radius 1 is 1.19 bits per heavy atom. The lowest BCUT2D eigenvalue weighted by Crippen LogP contribution is -3.16. The maximum absolute atomic E-state index is 12.4. The number of carbonyl (C=O) groups excluding carboxylic acids is 1. The van der Waals surface area contributed by atoms with Crippen LogP contribution >= 0.6 is 0 Å². The van der Waals surface area contributed by atoms with Gasteiger partial charge in [-0.05, 0) is 44.7 Å². The second-order valence-electron chi connectivity index (χ2n) is 5.79. The molecule has 0 radical (unpaired) electrons. The number of benzene rings is 1. The van der Waals surface area contributed by atoms with E-state index in [4.69, 9.17) is 5.26 Å². The van der Waals surface area contributed by atoms with Crippen LogP contribution in [0.2, 0.25) is 0 Å². The van der Waals surface area contributed by atoms with Crippen LogP contribution in [0.5, 0.6) is 0 Å².